The zero-order chi connectivity index (χ0) is 23.1. The van der Waals surface area contributed by atoms with Gasteiger partial charge in [0.25, 0.3) is 0 Å². The van der Waals surface area contributed by atoms with Gasteiger partial charge >= 0.3 is 0 Å². The Hall–Kier alpha value is -1.63. The summed E-state index contributed by atoms with van der Waals surface area (Å²) in [4.78, 5) is 4.84. The molecule has 2 unspecified atom stereocenters. The summed E-state index contributed by atoms with van der Waals surface area (Å²) in [6.07, 6.45) is 15.5. The van der Waals surface area contributed by atoms with Gasteiger partial charge in [-0.25, -0.2) is 0 Å². The maximum atomic E-state index is 5.91. The molecule has 30 heavy (non-hydrogen) atoms. The summed E-state index contributed by atoms with van der Waals surface area (Å²) in [7, 11) is 0. The highest BCUT2D eigenvalue weighted by atomic mass is 79.9. The molecule has 2 atom stereocenters. The number of nitrogens with zero attached hydrogens (tertiary/aromatic N) is 1. The molecule has 0 fully saturated rings. The van der Waals surface area contributed by atoms with Crippen LogP contribution in [0.4, 0.5) is 0 Å². The van der Waals surface area contributed by atoms with Gasteiger partial charge in [0.15, 0.2) is 0 Å². The van der Waals surface area contributed by atoms with Crippen molar-refractivity contribution in [2.45, 2.75) is 79.6 Å². The van der Waals surface area contributed by atoms with Gasteiger partial charge in [-0.15, -0.1) is 12.8 Å². The molecule has 2 N–H and O–H groups in total. The van der Waals surface area contributed by atoms with E-state index in [2.05, 4.69) is 80.7 Å². The summed E-state index contributed by atoms with van der Waals surface area (Å²) < 4.78 is 1.07. The molecule has 0 aliphatic heterocycles. The molecule has 166 valence electrons. The van der Waals surface area contributed by atoms with Crippen molar-refractivity contribution in [3.63, 3.8) is 0 Å². The van der Waals surface area contributed by atoms with E-state index >= 15 is 0 Å². The highest BCUT2D eigenvalue weighted by Crippen LogP contribution is 2.41. The Balaban J connectivity index is 0.00000108. The van der Waals surface area contributed by atoms with Gasteiger partial charge in [0.1, 0.15) is 0 Å². The van der Waals surface area contributed by atoms with Crippen LogP contribution >= 0.6 is 15.9 Å². The van der Waals surface area contributed by atoms with Gasteiger partial charge in [-0.2, -0.15) is 0 Å². The molecule has 1 aliphatic rings. The second kappa shape index (κ2) is 16.1. The molecular formula is C27H41BrN2. The lowest BCUT2D eigenvalue weighted by molar-refractivity contribution is 0.419. The number of fused-ring (bicyclic) bond motifs is 2. The third-order valence-electron chi connectivity index (χ3n) is 5.09. The summed E-state index contributed by atoms with van der Waals surface area (Å²) >= 11 is 3.58. The largest absolute Gasteiger partial charge is 0.330 e. The number of aryl methyl sites for hydroxylation is 3. The first-order chi connectivity index (χ1) is 14.5. The summed E-state index contributed by atoms with van der Waals surface area (Å²) in [6.45, 7) is 13.4. The van der Waals surface area contributed by atoms with Crippen LogP contribution in [0.5, 0.6) is 0 Å². The Morgan fingerprint density at radius 3 is 2.27 bits per heavy atom. The van der Waals surface area contributed by atoms with Gasteiger partial charge in [0.05, 0.1) is 5.69 Å². The summed E-state index contributed by atoms with van der Waals surface area (Å²) in [5, 5.41) is 0. The number of benzene rings is 1. The molecule has 0 spiro atoms. The van der Waals surface area contributed by atoms with Crippen molar-refractivity contribution < 1.29 is 0 Å². The molecular weight excluding hydrogens is 432 g/mol. The van der Waals surface area contributed by atoms with Crippen LogP contribution in [0, 0.1) is 25.7 Å². The van der Waals surface area contributed by atoms with Crippen LogP contribution in [0.25, 0.3) is 0 Å². The molecule has 0 radical (unpaired) electrons. The number of nitrogens with two attached hydrogens (primary N) is 1. The summed E-state index contributed by atoms with van der Waals surface area (Å²) in [5.74, 6) is 0.914. The Labute approximate surface area is 194 Å². The van der Waals surface area contributed by atoms with E-state index in [0.717, 1.165) is 36.7 Å². The smallest absolute Gasteiger partial charge is 0.0514 e. The van der Waals surface area contributed by atoms with E-state index in [4.69, 9.17) is 10.7 Å². The van der Waals surface area contributed by atoms with E-state index < -0.39 is 0 Å². The monoisotopic (exact) mass is 472 g/mol. The van der Waals surface area contributed by atoms with Crippen LogP contribution in [0.1, 0.15) is 87.7 Å². The van der Waals surface area contributed by atoms with Gasteiger partial charge in [-0.05, 0) is 77.3 Å². The first kappa shape index (κ1) is 28.4. The van der Waals surface area contributed by atoms with Gasteiger partial charge in [-0.3, -0.25) is 4.98 Å². The van der Waals surface area contributed by atoms with E-state index in [0.29, 0.717) is 11.8 Å². The van der Waals surface area contributed by atoms with Crippen molar-refractivity contribution in [1.82, 2.24) is 4.98 Å². The van der Waals surface area contributed by atoms with E-state index in [1.165, 1.54) is 34.4 Å². The topological polar surface area (TPSA) is 38.9 Å². The standard InChI is InChI=1S/C20H25BrN2.C3H8.C2H6.C2H2/c1-3-14(8-9-22)19-18-7-4-13(2)10-15(18)5-6-16-11-17(21)12-23-20(16)19;1-3-2;2*1-2/h4,7,10-12,14,19H,3,5-6,8-9,22H2,1-2H3;3H2,1-2H3;1-2H3;1-2H. The Morgan fingerprint density at radius 1 is 1.10 bits per heavy atom. The van der Waals surface area contributed by atoms with E-state index in [9.17, 15) is 0 Å². The number of pyridine rings is 1. The number of aromatic nitrogens is 1. The quantitative estimate of drug-likeness (QED) is 0.469. The number of halogens is 1. The van der Waals surface area contributed by atoms with Crippen molar-refractivity contribution in [2.75, 3.05) is 6.54 Å². The molecule has 3 heteroatoms. The second-order valence-electron chi connectivity index (χ2n) is 7.33. The molecule has 2 aromatic rings. The zero-order valence-electron chi connectivity index (χ0n) is 19.8. The lowest BCUT2D eigenvalue weighted by Gasteiger charge is -2.28. The maximum absolute atomic E-state index is 5.91. The lowest BCUT2D eigenvalue weighted by Crippen LogP contribution is -2.20. The molecule has 0 amide bonds. The van der Waals surface area contributed by atoms with Gasteiger partial charge < -0.3 is 5.73 Å². The number of hydrogen-bond acceptors (Lipinski definition) is 2. The highest BCUT2D eigenvalue weighted by Gasteiger charge is 2.30. The predicted octanol–water partition coefficient (Wildman–Crippen LogP) is 7.45. The molecule has 0 saturated heterocycles. The van der Waals surface area contributed by atoms with Gasteiger partial charge in [0.2, 0.25) is 0 Å². The Morgan fingerprint density at radius 2 is 1.70 bits per heavy atom. The number of terminal acetylenes is 1. The highest BCUT2D eigenvalue weighted by molar-refractivity contribution is 9.10. The van der Waals surface area contributed by atoms with Crippen molar-refractivity contribution in [3.05, 3.63) is 62.9 Å². The van der Waals surface area contributed by atoms with Gasteiger partial charge in [0, 0.05) is 16.6 Å². The first-order valence-electron chi connectivity index (χ1n) is 11.3. The molecule has 3 rings (SSSR count). The van der Waals surface area contributed by atoms with Crippen molar-refractivity contribution in [3.8, 4) is 12.8 Å². The average Bonchev–Trinajstić information content (AvgIpc) is 2.92. The SMILES string of the molecule is C#C.CC.CCC.CCC(CCN)C1c2ccc(C)cc2CCc2cc(Br)cnc21. The van der Waals surface area contributed by atoms with Gasteiger partial charge in [-0.1, -0.05) is 71.2 Å². The van der Waals surface area contributed by atoms with Crippen LogP contribution in [0.2, 0.25) is 0 Å². The molecule has 1 aliphatic carbocycles. The van der Waals surface area contributed by atoms with E-state index in [1.807, 2.05) is 20.0 Å². The normalized spacial score (nSPS) is 14.7. The zero-order valence-corrected chi connectivity index (χ0v) is 21.4. The third kappa shape index (κ3) is 7.89. The molecule has 1 aromatic carbocycles. The predicted molar refractivity (Wildman–Crippen MR) is 137 cm³/mol. The minimum atomic E-state index is 0.366. The van der Waals surface area contributed by atoms with Crippen LogP contribution in [-0.2, 0) is 12.8 Å². The van der Waals surface area contributed by atoms with E-state index in [-0.39, 0.29) is 0 Å². The van der Waals surface area contributed by atoms with Crippen molar-refractivity contribution in [1.29, 1.82) is 0 Å². The van der Waals surface area contributed by atoms with Crippen molar-refractivity contribution in [2.24, 2.45) is 11.7 Å². The fourth-order valence-electron chi connectivity index (χ4n) is 3.94. The molecule has 0 bridgehead atoms. The van der Waals surface area contributed by atoms with Crippen LogP contribution < -0.4 is 5.73 Å². The van der Waals surface area contributed by atoms with Crippen molar-refractivity contribution >= 4 is 15.9 Å². The van der Waals surface area contributed by atoms with Crippen LogP contribution in [-0.4, -0.2) is 11.5 Å². The third-order valence-corrected chi connectivity index (χ3v) is 5.53. The van der Waals surface area contributed by atoms with Crippen LogP contribution in [0.3, 0.4) is 0 Å². The maximum Gasteiger partial charge on any atom is 0.0514 e. The summed E-state index contributed by atoms with van der Waals surface area (Å²) in [5.41, 5.74) is 12.8. The lowest BCUT2D eigenvalue weighted by atomic mass is 9.78. The molecule has 1 aromatic heterocycles. The van der Waals surface area contributed by atoms with Crippen LogP contribution in [0.15, 0.2) is 34.9 Å². The number of rotatable bonds is 4. The Kier molecular flexibility index (Phi) is 15.2. The molecule has 2 nitrogen and oxygen atoms in total. The molecule has 0 saturated carbocycles. The second-order valence-corrected chi connectivity index (χ2v) is 8.25. The fraction of sp³-hybridized carbons (Fsp3) is 0.519. The first-order valence-corrected chi connectivity index (χ1v) is 12.1. The minimum Gasteiger partial charge on any atom is -0.330 e. The fourth-order valence-corrected chi connectivity index (χ4v) is 4.32. The summed E-state index contributed by atoms with van der Waals surface area (Å²) in [6, 6.07) is 9.18. The molecule has 1 heterocycles. The number of hydrogen-bond donors (Lipinski definition) is 1. The Bertz CT molecular complexity index is 698. The van der Waals surface area contributed by atoms with E-state index in [1.54, 1.807) is 0 Å². The average molecular weight is 474 g/mol. The minimum absolute atomic E-state index is 0.366.